The van der Waals surface area contributed by atoms with Gasteiger partial charge in [0.2, 0.25) is 0 Å². The Balaban J connectivity index is 2.49. The van der Waals surface area contributed by atoms with Crippen LogP contribution in [0, 0.1) is 5.41 Å². The van der Waals surface area contributed by atoms with Crippen LogP contribution in [-0.4, -0.2) is 19.6 Å². The van der Waals surface area contributed by atoms with Crippen LogP contribution in [0.25, 0.3) is 0 Å². The molecule has 0 bridgehead atoms. The van der Waals surface area contributed by atoms with E-state index in [0.29, 0.717) is 13.0 Å². The van der Waals surface area contributed by atoms with Gasteiger partial charge in [-0.05, 0) is 24.8 Å². The highest BCUT2D eigenvalue weighted by Crippen LogP contribution is 2.40. The summed E-state index contributed by atoms with van der Waals surface area (Å²) < 4.78 is 4.64. The number of methoxy groups -OCH3 is 1. The Morgan fingerprint density at radius 2 is 2.08 bits per heavy atom. The van der Waals surface area contributed by atoms with Crippen molar-refractivity contribution in [3.05, 3.63) is 0 Å². The van der Waals surface area contributed by atoms with Gasteiger partial charge in [-0.2, -0.15) is 0 Å². The number of esters is 1. The van der Waals surface area contributed by atoms with E-state index in [1.165, 1.54) is 20.0 Å². The molecule has 3 heteroatoms. The van der Waals surface area contributed by atoms with Crippen LogP contribution in [0.1, 0.15) is 32.1 Å². The predicted octanol–water partition coefficient (Wildman–Crippen LogP) is 1.07. The van der Waals surface area contributed by atoms with Gasteiger partial charge in [0.15, 0.2) is 0 Å². The van der Waals surface area contributed by atoms with Gasteiger partial charge in [0.25, 0.3) is 0 Å². The van der Waals surface area contributed by atoms with Crippen LogP contribution in [0.5, 0.6) is 0 Å². The maximum atomic E-state index is 11.1. The van der Waals surface area contributed by atoms with Gasteiger partial charge in [-0.15, -0.1) is 0 Å². The smallest absolute Gasteiger partial charge is 0.306 e. The van der Waals surface area contributed by atoms with Crippen molar-refractivity contribution in [2.75, 3.05) is 13.7 Å². The molecule has 0 amide bonds. The van der Waals surface area contributed by atoms with Crippen LogP contribution in [0.15, 0.2) is 0 Å². The highest BCUT2D eigenvalue weighted by molar-refractivity contribution is 5.70. The fourth-order valence-electron chi connectivity index (χ4n) is 1.96. The van der Waals surface area contributed by atoms with Crippen LogP contribution in [0.4, 0.5) is 0 Å². The van der Waals surface area contributed by atoms with E-state index >= 15 is 0 Å². The molecule has 0 radical (unpaired) electrons. The molecule has 0 aliphatic heterocycles. The largest absolute Gasteiger partial charge is 0.469 e. The maximum absolute atomic E-state index is 11.1. The van der Waals surface area contributed by atoms with Crippen LogP contribution in [-0.2, 0) is 9.53 Å². The minimum Gasteiger partial charge on any atom is -0.469 e. The summed E-state index contributed by atoms with van der Waals surface area (Å²) in [7, 11) is 1.43. The van der Waals surface area contributed by atoms with Gasteiger partial charge in [-0.25, -0.2) is 0 Å². The van der Waals surface area contributed by atoms with Crippen molar-refractivity contribution in [2.24, 2.45) is 11.1 Å². The first-order valence-electron chi connectivity index (χ1n) is 4.49. The molecule has 1 fully saturated rings. The van der Waals surface area contributed by atoms with Crippen molar-refractivity contribution in [3.63, 3.8) is 0 Å². The van der Waals surface area contributed by atoms with E-state index < -0.39 is 0 Å². The van der Waals surface area contributed by atoms with Crippen LogP contribution < -0.4 is 5.73 Å². The first-order valence-corrected chi connectivity index (χ1v) is 4.49. The van der Waals surface area contributed by atoms with E-state index in [-0.39, 0.29) is 11.4 Å². The van der Waals surface area contributed by atoms with E-state index in [9.17, 15) is 4.79 Å². The molecule has 0 unspecified atom stereocenters. The topological polar surface area (TPSA) is 52.3 Å². The minimum absolute atomic E-state index is 0.0626. The van der Waals surface area contributed by atoms with Gasteiger partial charge in [0.1, 0.15) is 0 Å². The molecule has 1 aliphatic rings. The summed E-state index contributed by atoms with van der Waals surface area (Å²) in [4.78, 5) is 11.1. The monoisotopic (exact) mass is 171 g/mol. The second-order valence-electron chi connectivity index (χ2n) is 3.66. The van der Waals surface area contributed by atoms with Gasteiger partial charge in [0.05, 0.1) is 13.5 Å². The highest BCUT2D eigenvalue weighted by Gasteiger charge is 2.34. The summed E-state index contributed by atoms with van der Waals surface area (Å²) in [6, 6.07) is 0. The number of rotatable bonds is 3. The zero-order valence-corrected chi connectivity index (χ0v) is 7.64. The molecular weight excluding hydrogens is 154 g/mol. The summed E-state index contributed by atoms with van der Waals surface area (Å²) in [5.74, 6) is -0.123. The molecule has 0 heterocycles. The fraction of sp³-hybridized carbons (Fsp3) is 0.889. The van der Waals surface area contributed by atoms with Crippen LogP contribution in [0.3, 0.4) is 0 Å². The fourth-order valence-corrected chi connectivity index (χ4v) is 1.96. The Morgan fingerprint density at radius 1 is 1.50 bits per heavy atom. The Hall–Kier alpha value is -0.570. The Bertz CT molecular complexity index is 162. The first kappa shape index (κ1) is 9.52. The van der Waals surface area contributed by atoms with Gasteiger partial charge in [-0.3, -0.25) is 4.79 Å². The molecule has 0 spiro atoms. The summed E-state index contributed by atoms with van der Waals surface area (Å²) in [5, 5.41) is 0. The number of nitrogens with two attached hydrogens (primary N) is 1. The lowest BCUT2D eigenvalue weighted by Gasteiger charge is -2.25. The summed E-state index contributed by atoms with van der Waals surface area (Å²) in [6.07, 6.45) is 5.07. The molecule has 0 aromatic heterocycles. The van der Waals surface area contributed by atoms with Crippen molar-refractivity contribution in [1.29, 1.82) is 0 Å². The average Bonchev–Trinajstić information content (AvgIpc) is 2.54. The van der Waals surface area contributed by atoms with Crippen molar-refractivity contribution >= 4 is 5.97 Å². The quantitative estimate of drug-likeness (QED) is 0.646. The second-order valence-corrected chi connectivity index (χ2v) is 3.66. The second kappa shape index (κ2) is 3.90. The minimum atomic E-state index is -0.123. The van der Waals surface area contributed by atoms with E-state index in [4.69, 9.17) is 5.73 Å². The van der Waals surface area contributed by atoms with Crippen LogP contribution in [0.2, 0.25) is 0 Å². The molecule has 1 aliphatic carbocycles. The molecule has 1 saturated carbocycles. The Morgan fingerprint density at radius 3 is 2.50 bits per heavy atom. The standard InChI is InChI=1S/C9H17NO2/c1-12-8(11)6-9(7-10)4-2-3-5-9/h2-7,10H2,1H3. The van der Waals surface area contributed by atoms with E-state index in [1.54, 1.807) is 0 Å². The molecule has 0 aromatic carbocycles. The molecule has 1 rings (SSSR count). The number of ether oxygens (including phenoxy) is 1. The Labute approximate surface area is 73.3 Å². The summed E-state index contributed by atoms with van der Waals surface area (Å²) in [5.41, 5.74) is 5.73. The van der Waals surface area contributed by atoms with Gasteiger partial charge in [-0.1, -0.05) is 12.8 Å². The molecule has 2 N–H and O–H groups in total. The molecule has 12 heavy (non-hydrogen) atoms. The molecule has 0 atom stereocenters. The third-order valence-electron chi connectivity index (χ3n) is 2.84. The van der Waals surface area contributed by atoms with E-state index in [0.717, 1.165) is 12.8 Å². The number of hydrogen-bond acceptors (Lipinski definition) is 3. The van der Waals surface area contributed by atoms with Crippen molar-refractivity contribution < 1.29 is 9.53 Å². The van der Waals surface area contributed by atoms with Gasteiger partial charge >= 0.3 is 5.97 Å². The number of hydrogen-bond donors (Lipinski definition) is 1. The predicted molar refractivity (Wildman–Crippen MR) is 46.6 cm³/mol. The lowest BCUT2D eigenvalue weighted by atomic mass is 9.83. The van der Waals surface area contributed by atoms with Gasteiger partial charge in [0, 0.05) is 0 Å². The summed E-state index contributed by atoms with van der Waals surface area (Å²) >= 11 is 0. The first-order chi connectivity index (χ1) is 5.72. The molecule has 70 valence electrons. The maximum Gasteiger partial charge on any atom is 0.306 e. The van der Waals surface area contributed by atoms with Gasteiger partial charge < -0.3 is 10.5 Å². The molecule has 0 aromatic rings. The zero-order valence-electron chi connectivity index (χ0n) is 7.64. The van der Waals surface area contributed by atoms with Crippen LogP contribution >= 0.6 is 0 Å². The third-order valence-corrected chi connectivity index (χ3v) is 2.84. The van der Waals surface area contributed by atoms with Crippen molar-refractivity contribution in [2.45, 2.75) is 32.1 Å². The molecule has 0 saturated heterocycles. The molecule has 3 nitrogen and oxygen atoms in total. The normalized spacial score (nSPS) is 20.8. The zero-order chi connectivity index (χ0) is 9.03. The third kappa shape index (κ3) is 1.97. The average molecular weight is 171 g/mol. The van der Waals surface area contributed by atoms with Crippen molar-refractivity contribution in [1.82, 2.24) is 0 Å². The lowest BCUT2D eigenvalue weighted by Crippen LogP contribution is -2.30. The Kier molecular flexibility index (Phi) is 3.09. The summed E-state index contributed by atoms with van der Waals surface area (Å²) in [6.45, 7) is 0.613. The number of carbonyl (C=O) groups excluding carboxylic acids is 1. The molecular formula is C9H17NO2. The lowest BCUT2D eigenvalue weighted by molar-refractivity contribution is -0.143. The number of carbonyl (C=O) groups is 1. The van der Waals surface area contributed by atoms with E-state index in [2.05, 4.69) is 4.74 Å². The SMILES string of the molecule is COC(=O)CC1(CN)CCCC1. The van der Waals surface area contributed by atoms with E-state index in [1.807, 2.05) is 0 Å². The van der Waals surface area contributed by atoms with Crippen molar-refractivity contribution in [3.8, 4) is 0 Å². The highest BCUT2D eigenvalue weighted by atomic mass is 16.5.